The molecule has 0 heterocycles. The van der Waals surface area contributed by atoms with E-state index in [1.165, 1.54) is 18.2 Å². The molecule has 2 aromatic rings. The van der Waals surface area contributed by atoms with Crippen molar-refractivity contribution in [3.05, 3.63) is 71.3 Å². The molecular weight excluding hydrogens is 281 g/mol. The average Bonchev–Trinajstić information content (AvgIpc) is 2.47. The Kier molecular flexibility index (Phi) is 4.21. The molecule has 0 fully saturated rings. The summed E-state index contributed by atoms with van der Waals surface area (Å²) in [5.74, 6) is -2.27. The molecule has 0 atom stereocenters. The van der Waals surface area contributed by atoms with Gasteiger partial charge in [0, 0.05) is 17.5 Å². The van der Waals surface area contributed by atoms with E-state index in [1.54, 1.807) is 30.3 Å². The molecule has 108 valence electrons. The van der Waals surface area contributed by atoms with Crippen molar-refractivity contribution in [2.75, 3.05) is 0 Å². The Morgan fingerprint density at radius 1 is 0.857 bits per heavy atom. The minimum atomic E-state index is -4.95. The highest BCUT2D eigenvalue weighted by molar-refractivity contribution is 6.04. The molecule has 21 heavy (non-hydrogen) atoms. The van der Waals surface area contributed by atoms with Crippen LogP contribution in [-0.2, 0) is 6.42 Å². The third-order valence-electron chi connectivity index (χ3n) is 2.97. The fourth-order valence-corrected chi connectivity index (χ4v) is 1.95. The average molecular weight is 292 g/mol. The first kappa shape index (κ1) is 15.0. The maximum atomic E-state index is 12.5. The fourth-order valence-electron chi connectivity index (χ4n) is 1.95. The summed E-state index contributed by atoms with van der Waals surface area (Å²) < 4.78 is 37.6. The fraction of sp³-hybridized carbons (Fsp3) is 0.125. The van der Waals surface area contributed by atoms with Crippen LogP contribution in [0.25, 0.3) is 0 Å². The minimum Gasteiger partial charge on any atom is -0.294 e. The normalized spacial score (nSPS) is 11.2. The van der Waals surface area contributed by atoms with E-state index in [9.17, 15) is 22.8 Å². The van der Waals surface area contributed by atoms with Crippen molar-refractivity contribution in [1.82, 2.24) is 0 Å². The van der Waals surface area contributed by atoms with Gasteiger partial charge in [0.05, 0.1) is 0 Å². The number of rotatable bonds is 4. The maximum absolute atomic E-state index is 12.5. The highest BCUT2D eigenvalue weighted by Crippen LogP contribution is 2.24. The third kappa shape index (κ3) is 3.56. The van der Waals surface area contributed by atoms with E-state index in [2.05, 4.69) is 0 Å². The number of hydrogen-bond acceptors (Lipinski definition) is 2. The Bertz CT molecular complexity index is 661. The molecule has 0 unspecified atom stereocenters. The zero-order valence-electron chi connectivity index (χ0n) is 10.9. The predicted octanol–water partition coefficient (Wildman–Crippen LogP) is 3.86. The Morgan fingerprint density at radius 2 is 1.43 bits per heavy atom. The molecule has 2 rings (SSSR count). The maximum Gasteiger partial charge on any atom is 0.454 e. The van der Waals surface area contributed by atoms with Crippen molar-refractivity contribution in [2.45, 2.75) is 12.6 Å². The van der Waals surface area contributed by atoms with Crippen molar-refractivity contribution in [3.8, 4) is 0 Å². The number of halogens is 3. The van der Waals surface area contributed by atoms with Gasteiger partial charge in [0.25, 0.3) is 5.78 Å². The van der Waals surface area contributed by atoms with Gasteiger partial charge < -0.3 is 0 Å². The molecule has 0 amide bonds. The van der Waals surface area contributed by atoms with E-state index in [4.69, 9.17) is 0 Å². The molecule has 5 heteroatoms. The van der Waals surface area contributed by atoms with Crippen LogP contribution >= 0.6 is 0 Å². The van der Waals surface area contributed by atoms with Gasteiger partial charge >= 0.3 is 6.18 Å². The molecule has 0 aliphatic carbocycles. The molecule has 0 saturated carbocycles. The molecule has 2 nitrogen and oxygen atoms in total. The number of carbonyl (C=O) groups excluding carboxylic acids is 2. The third-order valence-corrected chi connectivity index (χ3v) is 2.97. The summed E-state index contributed by atoms with van der Waals surface area (Å²) in [4.78, 5) is 23.4. The van der Waals surface area contributed by atoms with Crippen LogP contribution in [0.15, 0.2) is 54.6 Å². The Balaban J connectivity index is 2.30. The summed E-state index contributed by atoms with van der Waals surface area (Å²) >= 11 is 0. The lowest BCUT2D eigenvalue weighted by Gasteiger charge is -2.10. The summed E-state index contributed by atoms with van der Waals surface area (Å²) in [6.07, 6.45) is -5.20. The smallest absolute Gasteiger partial charge is 0.294 e. The molecule has 0 N–H and O–H groups in total. The van der Waals surface area contributed by atoms with Gasteiger partial charge in [0.1, 0.15) is 0 Å². The van der Waals surface area contributed by atoms with Crippen molar-refractivity contribution >= 4 is 11.6 Å². The molecule has 2 aromatic carbocycles. The van der Waals surface area contributed by atoms with Crippen molar-refractivity contribution in [2.24, 2.45) is 0 Å². The van der Waals surface area contributed by atoms with Crippen molar-refractivity contribution in [1.29, 1.82) is 0 Å². The quantitative estimate of drug-likeness (QED) is 0.802. The standard InChI is InChI=1S/C16H11F3O2/c17-16(18,19)15(21)13-9-5-4-8-12(13)10-14(20)11-6-2-1-3-7-11/h1-9H,10H2. The Labute approximate surface area is 119 Å². The molecule has 0 radical (unpaired) electrons. The van der Waals surface area contributed by atoms with E-state index in [1.807, 2.05) is 0 Å². The SMILES string of the molecule is O=C(Cc1ccccc1C(=O)C(F)(F)F)c1ccccc1. The first-order valence-corrected chi connectivity index (χ1v) is 6.17. The molecule has 0 aromatic heterocycles. The number of ketones is 2. The first-order valence-electron chi connectivity index (χ1n) is 6.17. The molecule has 0 spiro atoms. The summed E-state index contributed by atoms with van der Waals surface area (Å²) in [6.45, 7) is 0. The molecular formula is C16H11F3O2. The summed E-state index contributed by atoms with van der Waals surface area (Å²) in [5, 5.41) is 0. The van der Waals surface area contributed by atoms with Gasteiger partial charge in [0.2, 0.25) is 0 Å². The summed E-state index contributed by atoms with van der Waals surface area (Å²) in [5.41, 5.74) is -0.00489. The van der Waals surface area contributed by atoms with Gasteiger partial charge in [-0.05, 0) is 5.56 Å². The van der Waals surface area contributed by atoms with Gasteiger partial charge in [-0.15, -0.1) is 0 Å². The van der Waals surface area contributed by atoms with Gasteiger partial charge in [-0.25, -0.2) is 0 Å². The molecule has 0 bridgehead atoms. The van der Waals surface area contributed by atoms with Crippen LogP contribution < -0.4 is 0 Å². The highest BCUT2D eigenvalue weighted by atomic mass is 19.4. The second-order valence-electron chi connectivity index (χ2n) is 4.45. The van der Waals surface area contributed by atoms with E-state index in [0.29, 0.717) is 5.56 Å². The number of benzene rings is 2. The zero-order chi connectivity index (χ0) is 15.5. The number of Topliss-reactive ketones (excluding diaryl/α,β-unsaturated/α-hetero) is 2. The summed E-state index contributed by atoms with van der Waals surface area (Å²) in [6, 6.07) is 13.5. The number of hydrogen-bond donors (Lipinski definition) is 0. The highest BCUT2D eigenvalue weighted by Gasteiger charge is 2.40. The number of carbonyl (C=O) groups is 2. The lowest BCUT2D eigenvalue weighted by molar-refractivity contribution is -0.0885. The van der Waals surface area contributed by atoms with Crippen LogP contribution in [0, 0.1) is 0 Å². The second kappa shape index (κ2) is 5.91. The van der Waals surface area contributed by atoms with E-state index >= 15 is 0 Å². The van der Waals surface area contributed by atoms with Gasteiger partial charge in [-0.3, -0.25) is 9.59 Å². The van der Waals surface area contributed by atoms with E-state index in [0.717, 1.165) is 6.07 Å². The van der Waals surface area contributed by atoms with Crippen LogP contribution in [0.5, 0.6) is 0 Å². The number of alkyl halides is 3. The predicted molar refractivity (Wildman–Crippen MR) is 71.3 cm³/mol. The lowest BCUT2D eigenvalue weighted by Crippen LogP contribution is -2.24. The topological polar surface area (TPSA) is 34.1 Å². The monoisotopic (exact) mass is 292 g/mol. The van der Waals surface area contributed by atoms with Crippen molar-refractivity contribution < 1.29 is 22.8 Å². The van der Waals surface area contributed by atoms with Gasteiger partial charge in [-0.2, -0.15) is 13.2 Å². The van der Waals surface area contributed by atoms with Crippen molar-refractivity contribution in [3.63, 3.8) is 0 Å². The van der Waals surface area contributed by atoms with Crippen LogP contribution in [0.1, 0.15) is 26.3 Å². The minimum absolute atomic E-state index is 0.0775. The van der Waals surface area contributed by atoms with Gasteiger partial charge in [0.15, 0.2) is 5.78 Å². The molecule has 0 aliphatic heterocycles. The first-order chi connectivity index (χ1) is 9.89. The lowest BCUT2D eigenvalue weighted by atomic mass is 9.96. The van der Waals surface area contributed by atoms with Crippen LogP contribution in [0.4, 0.5) is 13.2 Å². The van der Waals surface area contributed by atoms with Crippen LogP contribution in [-0.4, -0.2) is 17.7 Å². The van der Waals surface area contributed by atoms with Crippen LogP contribution in [0.3, 0.4) is 0 Å². The Morgan fingerprint density at radius 3 is 2.05 bits per heavy atom. The van der Waals surface area contributed by atoms with E-state index in [-0.39, 0.29) is 17.8 Å². The second-order valence-corrected chi connectivity index (χ2v) is 4.45. The zero-order valence-corrected chi connectivity index (χ0v) is 10.9. The largest absolute Gasteiger partial charge is 0.454 e. The Hall–Kier alpha value is -2.43. The van der Waals surface area contributed by atoms with Gasteiger partial charge in [-0.1, -0.05) is 54.6 Å². The van der Waals surface area contributed by atoms with Crippen LogP contribution in [0.2, 0.25) is 0 Å². The van der Waals surface area contributed by atoms with E-state index < -0.39 is 17.5 Å². The molecule has 0 aliphatic rings. The summed E-state index contributed by atoms with van der Waals surface area (Å²) in [7, 11) is 0. The molecule has 0 saturated heterocycles.